The van der Waals surface area contributed by atoms with Gasteiger partial charge in [0.2, 0.25) is 0 Å². The Kier molecular flexibility index (Phi) is 2.93. The van der Waals surface area contributed by atoms with E-state index in [0.717, 1.165) is 37.3 Å². The molecule has 0 saturated carbocycles. The number of imidazole rings is 1. The normalized spacial score (nSPS) is 18.7. The highest BCUT2D eigenvalue weighted by Gasteiger charge is 2.32. The molecule has 0 unspecified atom stereocenters. The molecule has 0 amide bonds. The number of aromatic nitrogens is 4. The highest BCUT2D eigenvalue weighted by Crippen LogP contribution is 2.34. The molecule has 19 heavy (non-hydrogen) atoms. The van der Waals surface area contributed by atoms with Gasteiger partial charge in [-0.25, -0.2) is 4.98 Å². The maximum Gasteiger partial charge on any atom is 0.0995 e. The average molecular weight is 259 g/mol. The smallest absolute Gasteiger partial charge is 0.0995 e. The SMILES string of the molecule is Cc1nn(C)cc1-n1cncc1C1(C)CCNCC1. The number of hydrogen-bond acceptors (Lipinski definition) is 3. The predicted octanol–water partition coefficient (Wildman–Crippen LogP) is 1.56. The van der Waals surface area contributed by atoms with Crippen LogP contribution < -0.4 is 5.32 Å². The topological polar surface area (TPSA) is 47.7 Å². The first kappa shape index (κ1) is 12.4. The van der Waals surface area contributed by atoms with Crippen LogP contribution in [0, 0.1) is 6.92 Å². The molecule has 1 aliphatic heterocycles. The largest absolute Gasteiger partial charge is 0.317 e. The fourth-order valence-electron chi connectivity index (χ4n) is 2.99. The molecule has 102 valence electrons. The standard InChI is InChI=1S/C14H21N5/c1-11-12(9-18(3)17-11)19-10-16-8-13(19)14(2)4-6-15-7-5-14/h8-10,15H,4-7H2,1-3H3. The summed E-state index contributed by atoms with van der Waals surface area (Å²) in [6, 6.07) is 0. The Labute approximate surface area is 113 Å². The van der Waals surface area contributed by atoms with Crippen molar-refractivity contribution >= 4 is 0 Å². The molecule has 2 aromatic rings. The summed E-state index contributed by atoms with van der Waals surface area (Å²) in [4.78, 5) is 4.37. The number of aryl methyl sites for hydroxylation is 2. The van der Waals surface area contributed by atoms with Gasteiger partial charge in [0, 0.05) is 30.6 Å². The molecule has 2 aromatic heterocycles. The van der Waals surface area contributed by atoms with E-state index in [4.69, 9.17) is 0 Å². The maximum atomic E-state index is 4.43. The van der Waals surface area contributed by atoms with Crippen LogP contribution in [0.25, 0.3) is 5.69 Å². The van der Waals surface area contributed by atoms with Crippen LogP contribution in [-0.4, -0.2) is 32.4 Å². The predicted molar refractivity (Wildman–Crippen MR) is 74.5 cm³/mol. The lowest BCUT2D eigenvalue weighted by atomic mass is 9.78. The first-order chi connectivity index (χ1) is 9.10. The summed E-state index contributed by atoms with van der Waals surface area (Å²) >= 11 is 0. The minimum absolute atomic E-state index is 0.198. The van der Waals surface area contributed by atoms with E-state index in [0.29, 0.717) is 0 Å². The fourth-order valence-corrected chi connectivity index (χ4v) is 2.99. The Morgan fingerprint density at radius 1 is 1.32 bits per heavy atom. The third-order valence-electron chi connectivity index (χ3n) is 4.21. The van der Waals surface area contributed by atoms with Crippen LogP contribution in [0.4, 0.5) is 0 Å². The van der Waals surface area contributed by atoms with E-state index in [1.165, 1.54) is 5.69 Å². The summed E-state index contributed by atoms with van der Waals surface area (Å²) in [5, 5.41) is 7.86. The zero-order chi connectivity index (χ0) is 13.5. The fraction of sp³-hybridized carbons (Fsp3) is 0.571. The second-order valence-electron chi connectivity index (χ2n) is 5.73. The van der Waals surface area contributed by atoms with Crippen molar-refractivity contribution < 1.29 is 0 Å². The molecule has 1 saturated heterocycles. The van der Waals surface area contributed by atoms with Crippen molar-refractivity contribution in [3.05, 3.63) is 30.1 Å². The molecule has 1 fully saturated rings. The Bertz CT molecular complexity index is 574. The van der Waals surface area contributed by atoms with Gasteiger partial charge in [-0.3, -0.25) is 9.25 Å². The number of nitrogens with one attached hydrogen (secondary N) is 1. The zero-order valence-corrected chi connectivity index (χ0v) is 11.8. The van der Waals surface area contributed by atoms with E-state index in [1.807, 2.05) is 31.2 Å². The van der Waals surface area contributed by atoms with E-state index in [1.54, 1.807) is 0 Å². The van der Waals surface area contributed by atoms with Gasteiger partial charge in [-0.2, -0.15) is 5.10 Å². The monoisotopic (exact) mass is 259 g/mol. The van der Waals surface area contributed by atoms with Crippen LogP contribution in [0.2, 0.25) is 0 Å². The lowest BCUT2D eigenvalue weighted by molar-refractivity contribution is 0.324. The molecule has 1 aliphatic rings. The second-order valence-corrected chi connectivity index (χ2v) is 5.73. The lowest BCUT2D eigenvalue weighted by Crippen LogP contribution is -2.38. The maximum absolute atomic E-state index is 4.43. The molecule has 5 nitrogen and oxygen atoms in total. The molecule has 0 spiro atoms. The number of rotatable bonds is 2. The van der Waals surface area contributed by atoms with E-state index in [2.05, 4.69) is 33.1 Å². The average Bonchev–Trinajstić information content (AvgIpc) is 2.96. The van der Waals surface area contributed by atoms with Gasteiger partial charge in [0.25, 0.3) is 0 Å². The first-order valence-corrected chi connectivity index (χ1v) is 6.84. The van der Waals surface area contributed by atoms with Gasteiger partial charge in [-0.1, -0.05) is 6.92 Å². The second kappa shape index (κ2) is 4.49. The van der Waals surface area contributed by atoms with E-state index >= 15 is 0 Å². The van der Waals surface area contributed by atoms with Crippen molar-refractivity contribution in [2.24, 2.45) is 7.05 Å². The highest BCUT2D eigenvalue weighted by molar-refractivity contribution is 5.37. The van der Waals surface area contributed by atoms with Crippen molar-refractivity contribution in [3.8, 4) is 5.69 Å². The molecule has 0 aromatic carbocycles. The quantitative estimate of drug-likeness (QED) is 0.890. The van der Waals surface area contributed by atoms with Gasteiger partial charge in [-0.15, -0.1) is 0 Å². The van der Waals surface area contributed by atoms with Crippen LogP contribution in [-0.2, 0) is 12.5 Å². The molecule has 0 bridgehead atoms. The van der Waals surface area contributed by atoms with Gasteiger partial charge in [0.15, 0.2) is 0 Å². The van der Waals surface area contributed by atoms with Crippen LogP contribution in [0.1, 0.15) is 31.2 Å². The number of nitrogens with zero attached hydrogens (tertiary/aromatic N) is 4. The number of piperidine rings is 1. The van der Waals surface area contributed by atoms with Crippen molar-refractivity contribution in [3.63, 3.8) is 0 Å². The van der Waals surface area contributed by atoms with E-state index in [9.17, 15) is 0 Å². The van der Waals surface area contributed by atoms with Crippen molar-refractivity contribution in [1.82, 2.24) is 24.6 Å². The van der Waals surface area contributed by atoms with E-state index in [-0.39, 0.29) is 5.41 Å². The highest BCUT2D eigenvalue weighted by atomic mass is 15.3. The van der Waals surface area contributed by atoms with E-state index < -0.39 is 0 Å². The molecule has 0 atom stereocenters. The first-order valence-electron chi connectivity index (χ1n) is 6.84. The molecule has 3 heterocycles. The van der Waals surface area contributed by atoms with Gasteiger partial charge in [0.05, 0.1) is 17.7 Å². The van der Waals surface area contributed by atoms with Crippen molar-refractivity contribution in [1.29, 1.82) is 0 Å². The molecular weight excluding hydrogens is 238 g/mol. The molecule has 3 rings (SSSR count). The minimum atomic E-state index is 0.198. The molecule has 0 radical (unpaired) electrons. The minimum Gasteiger partial charge on any atom is -0.317 e. The van der Waals surface area contributed by atoms with Gasteiger partial charge >= 0.3 is 0 Å². The third-order valence-corrected chi connectivity index (χ3v) is 4.21. The van der Waals surface area contributed by atoms with Gasteiger partial charge in [-0.05, 0) is 32.9 Å². The van der Waals surface area contributed by atoms with Gasteiger partial charge < -0.3 is 5.32 Å². The van der Waals surface area contributed by atoms with Crippen molar-refractivity contribution in [2.45, 2.75) is 32.1 Å². The summed E-state index contributed by atoms with van der Waals surface area (Å²) in [6.45, 7) is 6.54. The summed E-state index contributed by atoms with van der Waals surface area (Å²) in [7, 11) is 1.96. The summed E-state index contributed by atoms with van der Waals surface area (Å²) in [5.41, 5.74) is 3.67. The van der Waals surface area contributed by atoms with Crippen LogP contribution in [0.15, 0.2) is 18.7 Å². The number of hydrogen-bond donors (Lipinski definition) is 1. The third kappa shape index (κ3) is 2.08. The zero-order valence-electron chi connectivity index (χ0n) is 11.8. The van der Waals surface area contributed by atoms with Crippen molar-refractivity contribution in [2.75, 3.05) is 13.1 Å². The molecular formula is C14H21N5. The summed E-state index contributed by atoms with van der Waals surface area (Å²) in [5.74, 6) is 0. The molecule has 1 N–H and O–H groups in total. The molecule has 5 heteroatoms. The Morgan fingerprint density at radius 3 is 2.68 bits per heavy atom. The summed E-state index contributed by atoms with van der Waals surface area (Å²) in [6.07, 6.45) is 8.28. The van der Waals surface area contributed by atoms with Crippen LogP contribution in [0.5, 0.6) is 0 Å². The Morgan fingerprint density at radius 2 is 2.05 bits per heavy atom. The Hall–Kier alpha value is -1.62. The van der Waals surface area contributed by atoms with Gasteiger partial charge in [0.1, 0.15) is 0 Å². The van der Waals surface area contributed by atoms with Crippen LogP contribution in [0.3, 0.4) is 0 Å². The van der Waals surface area contributed by atoms with Crippen LogP contribution >= 0.6 is 0 Å². The molecule has 0 aliphatic carbocycles. The summed E-state index contributed by atoms with van der Waals surface area (Å²) < 4.78 is 4.06. The Balaban J connectivity index is 2.05. The lowest BCUT2D eigenvalue weighted by Gasteiger charge is -2.34.